The minimum Gasteiger partial charge on any atom is -0.355 e. The van der Waals surface area contributed by atoms with Crippen molar-refractivity contribution in [2.24, 2.45) is 0 Å². The maximum atomic E-state index is 6.07. The van der Waals surface area contributed by atoms with Crippen LogP contribution in [0.4, 0.5) is 0 Å². The van der Waals surface area contributed by atoms with Crippen LogP contribution in [0.3, 0.4) is 0 Å². The van der Waals surface area contributed by atoms with Crippen LogP contribution < -0.4 is 0 Å². The maximum absolute atomic E-state index is 6.07. The maximum Gasteiger partial charge on any atom is 0.156 e. The zero-order chi connectivity index (χ0) is 10.8. The summed E-state index contributed by atoms with van der Waals surface area (Å²) < 4.78 is 0. The quantitative estimate of drug-likeness (QED) is 0.812. The molecule has 2 rings (SSSR count). The predicted molar refractivity (Wildman–Crippen MR) is 62.2 cm³/mol. The van der Waals surface area contributed by atoms with Gasteiger partial charge in [-0.3, -0.25) is 0 Å². The van der Waals surface area contributed by atoms with Crippen LogP contribution in [0.5, 0.6) is 0 Å². The Balaban J connectivity index is 2.42. The van der Waals surface area contributed by atoms with Gasteiger partial charge < -0.3 is 4.98 Å². The van der Waals surface area contributed by atoms with E-state index in [-0.39, 0.29) is 0 Å². The first kappa shape index (κ1) is 10.4. The van der Waals surface area contributed by atoms with E-state index in [2.05, 4.69) is 21.9 Å². The molecular weight excluding hydrogens is 210 g/mol. The Labute approximate surface area is 93.9 Å². The Morgan fingerprint density at radius 2 is 2.20 bits per heavy atom. The molecule has 0 spiro atoms. The highest BCUT2D eigenvalue weighted by Crippen LogP contribution is 2.20. The van der Waals surface area contributed by atoms with Crippen molar-refractivity contribution < 1.29 is 0 Å². The summed E-state index contributed by atoms with van der Waals surface area (Å²) in [5.74, 6) is 0.841. The summed E-state index contributed by atoms with van der Waals surface area (Å²) in [7, 11) is 0. The van der Waals surface area contributed by atoms with Crippen LogP contribution in [-0.2, 0) is 6.42 Å². The summed E-state index contributed by atoms with van der Waals surface area (Å²) in [5, 5.41) is 0.527. The number of nitrogens with zero attached hydrogens (tertiary/aromatic N) is 2. The summed E-state index contributed by atoms with van der Waals surface area (Å²) in [4.78, 5) is 11.9. The number of hydrogen-bond donors (Lipinski definition) is 1. The van der Waals surface area contributed by atoms with Gasteiger partial charge in [0.15, 0.2) is 5.15 Å². The van der Waals surface area contributed by atoms with Crippen LogP contribution in [0.15, 0.2) is 6.07 Å². The van der Waals surface area contributed by atoms with Gasteiger partial charge in [-0.1, -0.05) is 24.9 Å². The van der Waals surface area contributed by atoms with Gasteiger partial charge in [0.1, 0.15) is 11.3 Å². The molecule has 80 valence electrons. The van der Waals surface area contributed by atoms with Gasteiger partial charge in [-0.2, -0.15) is 0 Å². The highest BCUT2D eigenvalue weighted by atomic mass is 35.5. The molecule has 0 aliphatic heterocycles. The number of unbranched alkanes of at least 4 members (excludes halogenated alkanes) is 1. The van der Waals surface area contributed by atoms with Crippen molar-refractivity contribution >= 4 is 22.6 Å². The van der Waals surface area contributed by atoms with Crippen LogP contribution >= 0.6 is 11.6 Å². The summed E-state index contributed by atoms with van der Waals surface area (Å²) in [6.07, 6.45) is 3.15. The molecule has 0 atom stereocenters. The molecule has 2 heterocycles. The van der Waals surface area contributed by atoms with E-state index >= 15 is 0 Å². The molecule has 0 aromatic carbocycles. The summed E-state index contributed by atoms with van der Waals surface area (Å²) in [5.41, 5.74) is 2.82. The molecule has 0 unspecified atom stereocenters. The lowest BCUT2D eigenvalue weighted by Gasteiger charge is -1.99. The number of H-pyrrole nitrogens is 1. The Hall–Kier alpha value is -1.09. The van der Waals surface area contributed by atoms with Crippen molar-refractivity contribution in [1.82, 2.24) is 15.0 Å². The normalized spacial score (nSPS) is 11.1. The molecule has 0 radical (unpaired) electrons. The van der Waals surface area contributed by atoms with Gasteiger partial charge in [0.05, 0.1) is 5.52 Å². The molecule has 1 N–H and O–H groups in total. The lowest BCUT2D eigenvalue weighted by atomic mass is 10.2. The van der Waals surface area contributed by atoms with Gasteiger partial charge in [0.2, 0.25) is 0 Å². The number of fused-ring (bicyclic) bond motifs is 1. The first-order valence-electron chi connectivity index (χ1n) is 5.22. The number of aryl methyl sites for hydroxylation is 2. The number of aromatic amines is 1. The molecule has 0 fully saturated rings. The van der Waals surface area contributed by atoms with Crippen LogP contribution in [0.2, 0.25) is 5.15 Å². The molecule has 0 aliphatic carbocycles. The van der Waals surface area contributed by atoms with Crippen LogP contribution in [-0.4, -0.2) is 15.0 Å². The number of aromatic nitrogens is 3. The lowest BCUT2D eigenvalue weighted by Crippen LogP contribution is -1.95. The summed E-state index contributed by atoms with van der Waals surface area (Å²) >= 11 is 6.07. The second kappa shape index (κ2) is 4.19. The Kier molecular flexibility index (Phi) is 2.91. The fourth-order valence-electron chi connectivity index (χ4n) is 1.60. The Morgan fingerprint density at radius 1 is 1.40 bits per heavy atom. The van der Waals surface area contributed by atoms with Crippen molar-refractivity contribution in [3.8, 4) is 0 Å². The number of nitrogens with one attached hydrogen (secondary N) is 1. The van der Waals surface area contributed by atoms with Crippen molar-refractivity contribution in [1.29, 1.82) is 0 Å². The Bertz CT molecular complexity index is 476. The third-order valence-corrected chi connectivity index (χ3v) is 2.64. The third kappa shape index (κ3) is 2.12. The van der Waals surface area contributed by atoms with E-state index in [1.165, 1.54) is 0 Å². The molecular formula is C11H14ClN3. The van der Waals surface area contributed by atoms with E-state index in [9.17, 15) is 0 Å². The van der Waals surface area contributed by atoms with Crippen LogP contribution in [0.25, 0.3) is 11.0 Å². The highest BCUT2D eigenvalue weighted by Gasteiger charge is 2.07. The minimum absolute atomic E-state index is 0.527. The van der Waals surface area contributed by atoms with Gasteiger partial charge in [0, 0.05) is 12.1 Å². The summed E-state index contributed by atoms with van der Waals surface area (Å²) in [6, 6.07) is 2.00. The van der Waals surface area contributed by atoms with Gasteiger partial charge in [-0.05, 0) is 19.4 Å². The molecule has 2 aromatic rings. The fraction of sp³-hybridized carbons (Fsp3) is 0.455. The minimum atomic E-state index is 0.527. The molecule has 3 nitrogen and oxygen atoms in total. The first-order chi connectivity index (χ1) is 7.20. The van der Waals surface area contributed by atoms with E-state index in [0.717, 1.165) is 41.8 Å². The molecule has 0 aliphatic rings. The van der Waals surface area contributed by atoms with E-state index in [1.807, 2.05) is 13.0 Å². The third-order valence-electron chi connectivity index (χ3n) is 2.37. The fourth-order valence-corrected chi connectivity index (χ4v) is 1.84. The van der Waals surface area contributed by atoms with Crippen molar-refractivity contribution in [2.45, 2.75) is 33.1 Å². The average molecular weight is 224 g/mol. The second-order valence-corrected chi connectivity index (χ2v) is 4.10. The first-order valence-corrected chi connectivity index (χ1v) is 5.60. The number of halogens is 1. The standard InChI is InChI=1S/C11H14ClN3/c1-3-4-5-9-14-8-6-7(2)13-10(8)11(12)15-9/h6,13H,3-5H2,1-2H3. The molecule has 0 amide bonds. The zero-order valence-corrected chi connectivity index (χ0v) is 9.73. The van der Waals surface area contributed by atoms with Gasteiger partial charge in [-0.15, -0.1) is 0 Å². The van der Waals surface area contributed by atoms with Crippen molar-refractivity contribution in [3.05, 3.63) is 22.7 Å². The monoisotopic (exact) mass is 223 g/mol. The van der Waals surface area contributed by atoms with Gasteiger partial charge in [-0.25, -0.2) is 9.97 Å². The van der Waals surface area contributed by atoms with Crippen molar-refractivity contribution in [3.63, 3.8) is 0 Å². The van der Waals surface area contributed by atoms with Gasteiger partial charge in [0.25, 0.3) is 0 Å². The molecule has 0 saturated carbocycles. The van der Waals surface area contributed by atoms with Crippen LogP contribution in [0, 0.1) is 6.92 Å². The zero-order valence-electron chi connectivity index (χ0n) is 8.97. The molecule has 15 heavy (non-hydrogen) atoms. The molecule has 4 heteroatoms. The smallest absolute Gasteiger partial charge is 0.156 e. The SMILES string of the molecule is CCCCc1nc(Cl)c2[nH]c(C)cc2n1. The number of hydrogen-bond acceptors (Lipinski definition) is 2. The second-order valence-electron chi connectivity index (χ2n) is 3.75. The van der Waals surface area contributed by atoms with E-state index < -0.39 is 0 Å². The highest BCUT2D eigenvalue weighted by molar-refractivity contribution is 6.33. The molecule has 0 bridgehead atoms. The lowest BCUT2D eigenvalue weighted by molar-refractivity contribution is 0.757. The predicted octanol–water partition coefficient (Wildman–Crippen LogP) is 3.26. The van der Waals surface area contributed by atoms with E-state index in [0.29, 0.717) is 5.15 Å². The van der Waals surface area contributed by atoms with E-state index in [4.69, 9.17) is 11.6 Å². The van der Waals surface area contributed by atoms with E-state index in [1.54, 1.807) is 0 Å². The Morgan fingerprint density at radius 3 is 2.93 bits per heavy atom. The number of rotatable bonds is 3. The summed E-state index contributed by atoms with van der Waals surface area (Å²) in [6.45, 7) is 4.14. The molecule has 2 aromatic heterocycles. The van der Waals surface area contributed by atoms with Crippen LogP contribution in [0.1, 0.15) is 31.3 Å². The van der Waals surface area contributed by atoms with Crippen molar-refractivity contribution in [2.75, 3.05) is 0 Å². The molecule has 0 saturated heterocycles. The van der Waals surface area contributed by atoms with Gasteiger partial charge >= 0.3 is 0 Å². The topological polar surface area (TPSA) is 41.6 Å². The average Bonchev–Trinajstić information content (AvgIpc) is 2.56. The largest absolute Gasteiger partial charge is 0.355 e.